The van der Waals surface area contributed by atoms with Crippen LogP contribution < -0.4 is 16.0 Å². The predicted molar refractivity (Wildman–Crippen MR) is 116 cm³/mol. The van der Waals surface area contributed by atoms with Crippen molar-refractivity contribution in [1.29, 1.82) is 0 Å². The van der Waals surface area contributed by atoms with Gasteiger partial charge in [-0.05, 0) is 70.1 Å². The molecule has 1 amide bonds. The quantitative estimate of drug-likeness (QED) is 0.303. The first-order chi connectivity index (χ1) is 14.6. The van der Waals surface area contributed by atoms with Crippen molar-refractivity contribution in [2.24, 2.45) is 5.90 Å². The van der Waals surface area contributed by atoms with Gasteiger partial charge < -0.3 is 25.1 Å². The summed E-state index contributed by atoms with van der Waals surface area (Å²) in [6.45, 7) is 8.66. The fourth-order valence-corrected chi connectivity index (χ4v) is 3.91. The number of rotatable bonds is 11. The highest BCUT2D eigenvalue weighted by atomic mass is 16.6. The highest BCUT2D eigenvalue weighted by molar-refractivity contribution is 5.79. The SMILES string of the molecule is Cc1c(C)c2c(c(C)c1O)CCC(C)(CCN(CC(=O)O)CC(=O)NCCCON)O2. The van der Waals surface area contributed by atoms with Gasteiger partial charge in [0.25, 0.3) is 0 Å². The van der Waals surface area contributed by atoms with Gasteiger partial charge in [-0.3, -0.25) is 14.5 Å². The zero-order chi connectivity index (χ0) is 23.2. The minimum absolute atomic E-state index is 0.00638. The third-order valence-corrected chi connectivity index (χ3v) is 6.04. The standard InChI is InChI=1S/C22H35N3O6/c1-14-15(2)21-17(16(3)20(14)29)6-7-22(4,31-21)8-10-25(13-19(27)28)12-18(26)24-9-5-11-30-23/h29H,5-13,23H2,1-4H3,(H,24,26)(H,27,28). The molecule has 1 aliphatic heterocycles. The van der Waals surface area contributed by atoms with E-state index in [1.165, 1.54) is 0 Å². The van der Waals surface area contributed by atoms with Gasteiger partial charge in [-0.2, -0.15) is 0 Å². The molecule has 1 unspecified atom stereocenters. The summed E-state index contributed by atoms with van der Waals surface area (Å²) in [5.74, 6) is 4.86. The summed E-state index contributed by atoms with van der Waals surface area (Å²) in [4.78, 5) is 29.5. The summed E-state index contributed by atoms with van der Waals surface area (Å²) in [5.41, 5.74) is 3.13. The van der Waals surface area contributed by atoms with Crippen molar-refractivity contribution in [3.8, 4) is 11.5 Å². The summed E-state index contributed by atoms with van der Waals surface area (Å²) in [7, 11) is 0. The molecule has 2 rings (SSSR count). The number of nitrogens with two attached hydrogens (primary N) is 1. The van der Waals surface area contributed by atoms with Gasteiger partial charge >= 0.3 is 5.97 Å². The van der Waals surface area contributed by atoms with E-state index in [1.54, 1.807) is 4.90 Å². The zero-order valence-electron chi connectivity index (χ0n) is 18.9. The molecule has 0 bridgehead atoms. The largest absolute Gasteiger partial charge is 0.507 e. The van der Waals surface area contributed by atoms with Gasteiger partial charge in [0.15, 0.2) is 0 Å². The number of amides is 1. The van der Waals surface area contributed by atoms with Crippen LogP contribution in [0.2, 0.25) is 0 Å². The highest BCUT2D eigenvalue weighted by Crippen LogP contribution is 2.44. The smallest absolute Gasteiger partial charge is 0.317 e. The van der Waals surface area contributed by atoms with E-state index >= 15 is 0 Å². The number of carbonyl (C=O) groups is 2. The number of ether oxygens (including phenoxy) is 1. The van der Waals surface area contributed by atoms with Crippen molar-refractivity contribution < 1.29 is 29.4 Å². The van der Waals surface area contributed by atoms with E-state index in [4.69, 9.17) is 10.6 Å². The molecule has 9 nitrogen and oxygen atoms in total. The summed E-state index contributed by atoms with van der Waals surface area (Å²) < 4.78 is 6.41. The van der Waals surface area contributed by atoms with E-state index in [0.29, 0.717) is 38.3 Å². The molecule has 1 atom stereocenters. The first-order valence-corrected chi connectivity index (χ1v) is 10.6. The van der Waals surface area contributed by atoms with Crippen LogP contribution in [0.25, 0.3) is 0 Å². The maximum absolute atomic E-state index is 12.2. The van der Waals surface area contributed by atoms with Crippen LogP contribution in [0.4, 0.5) is 0 Å². The Balaban J connectivity index is 2.03. The molecule has 0 aliphatic carbocycles. The number of aliphatic carboxylic acids is 1. The second-order valence-electron chi connectivity index (χ2n) is 8.51. The normalized spacial score (nSPS) is 17.9. The van der Waals surface area contributed by atoms with Crippen LogP contribution in [0.1, 0.15) is 48.4 Å². The predicted octanol–water partition coefficient (Wildman–Crippen LogP) is 1.57. The monoisotopic (exact) mass is 437 g/mol. The molecular weight excluding hydrogens is 402 g/mol. The molecule has 174 valence electrons. The van der Waals surface area contributed by atoms with Crippen LogP contribution in [-0.4, -0.2) is 65.4 Å². The number of phenolic OH excluding ortho intramolecular Hbond substituents is 1. The van der Waals surface area contributed by atoms with E-state index in [2.05, 4.69) is 10.2 Å². The number of phenols is 1. The van der Waals surface area contributed by atoms with Gasteiger partial charge in [-0.15, -0.1) is 0 Å². The van der Waals surface area contributed by atoms with Crippen LogP contribution in [0.3, 0.4) is 0 Å². The topological polar surface area (TPSA) is 134 Å². The maximum atomic E-state index is 12.2. The zero-order valence-corrected chi connectivity index (χ0v) is 18.9. The number of carbonyl (C=O) groups excluding carboxylic acids is 1. The fourth-order valence-electron chi connectivity index (χ4n) is 3.91. The lowest BCUT2D eigenvalue weighted by Gasteiger charge is -2.39. The van der Waals surface area contributed by atoms with Crippen LogP contribution >= 0.6 is 0 Å². The number of carboxylic acids is 1. The molecule has 0 aromatic heterocycles. The lowest BCUT2D eigenvalue weighted by atomic mass is 9.85. The number of fused-ring (bicyclic) bond motifs is 1. The Morgan fingerprint density at radius 3 is 2.58 bits per heavy atom. The number of hydrogen-bond acceptors (Lipinski definition) is 7. The molecule has 0 saturated carbocycles. The van der Waals surface area contributed by atoms with Crippen molar-refractivity contribution in [1.82, 2.24) is 10.2 Å². The van der Waals surface area contributed by atoms with Gasteiger partial charge in [-0.1, -0.05) is 0 Å². The van der Waals surface area contributed by atoms with Crippen LogP contribution in [-0.2, 0) is 20.8 Å². The molecule has 0 saturated heterocycles. The fraction of sp³-hybridized carbons (Fsp3) is 0.636. The Hall–Kier alpha value is -2.36. The summed E-state index contributed by atoms with van der Waals surface area (Å²) in [5, 5.41) is 22.3. The van der Waals surface area contributed by atoms with Crippen molar-refractivity contribution >= 4 is 11.9 Å². The lowest BCUT2D eigenvalue weighted by Crippen LogP contribution is -2.45. The van der Waals surface area contributed by atoms with E-state index in [1.807, 2.05) is 27.7 Å². The second kappa shape index (κ2) is 10.8. The highest BCUT2D eigenvalue weighted by Gasteiger charge is 2.35. The Labute approximate surface area is 183 Å². The summed E-state index contributed by atoms with van der Waals surface area (Å²) in [6, 6.07) is 0. The third kappa shape index (κ3) is 6.56. The molecule has 1 aromatic carbocycles. The van der Waals surface area contributed by atoms with Gasteiger partial charge in [0, 0.05) is 18.7 Å². The number of aromatic hydroxyl groups is 1. The number of benzene rings is 1. The lowest BCUT2D eigenvalue weighted by molar-refractivity contribution is -0.139. The Morgan fingerprint density at radius 1 is 1.23 bits per heavy atom. The van der Waals surface area contributed by atoms with Crippen molar-refractivity contribution in [2.45, 2.75) is 59.0 Å². The number of nitrogens with one attached hydrogen (secondary N) is 1. The number of nitrogens with zero attached hydrogens (tertiary/aromatic N) is 1. The number of hydrogen-bond donors (Lipinski definition) is 4. The molecule has 0 spiro atoms. The van der Waals surface area contributed by atoms with Gasteiger partial charge in [0.2, 0.25) is 5.91 Å². The Kier molecular flexibility index (Phi) is 8.67. The minimum atomic E-state index is -0.984. The van der Waals surface area contributed by atoms with E-state index in [-0.39, 0.29) is 19.0 Å². The Morgan fingerprint density at radius 2 is 1.94 bits per heavy atom. The molecule has 0 fully saturated rings. The summed E-state index contributed by atoms with van der Waals surface area (Å²) in [6.07, 6.45) is 2.68. The van der Waals surface area contributed by atoms with Crippen molar-refractivity contribution in [2.75, 3.05) is 32.8 Å². The minimum Gasteiger partial charge on any atom is -0.507 e. The molecular formula is C22H35N3O6. The third-order valence-electron chi connectivity index (χ3n) is 6.04. The van der Waals surface area contributed by atoms with Gasteiger partial charge in [0.05, 0.1) is 19.7 Å². The molecule has 1 aliphatic rings. The van der Waals surface area contributed by atoms with E-state index < -0.39 is 11.6 Å². The van der Waals surface area contributed by atoms with Crippen LogP contribution in [0.5, 0.6) is 11.5 Å². The first kappa shape index (κ1) is 24.9. The van der Waals surface area contributed by atoms with Crippen LogP contribution in [0.15, 0.2) is 0 Å². The number of carboxylic acid groups (broad SMARTS) is 1. The van der Waals surface area contributed by atoms with Crippen molar-refractivity contribution in [3.05, 3.63) is 22.3 Å². The van der Waals surface area contributed by atoms with Gasteiger partial charge in [-0.25, -0.2) is 5.90 Å². The van der Waals surface area contributed by atoms with Crippen LogP contribution in [0, 0.1) is 20.8 Å². The summed E-state index contributed by atoms with van der Waals surface area (Å²) >= 11 is 0. The van der Waals surface area contributed by atoms with Gasteiger partial charge in [0.1, 0.15) is 17.1 Å². The molecule has 9 heteroatoms. The Bertz CT molecular complexity index is 813. The average Bonchev–Trinajstić information content (AvgIpc) is 2.72. The molecule has 1 heterocycles. The molecule has 0 radical (unpaired) electrons. The van der Waals surface area contributed by atoms with Crippen molar-refractivity contribution in [3.63, 3.8) is 0 Å². The van der Waals surface area contributed by atoms with E-state index in [0.717, 1.165) is 40.8 Å². The molecule has 31 heavy (non-hydrogen) atoms. The second-order valence-corrected chi connectivity index (χ2v) is 8.51. The molecule has 1 aromatic rings. The van der Waals surface area contributed by atoms with E-state index in [9.17, 15) is 19.8 Å². The average molecular weight is 438 g/mol. The first-order valence-electron chi connectivity index (χ1n) is 10.6. The molecule has 5 N–H and O–H groups in total. The maximum Gasteiger partial charge on any atom is 0.317 e.